The van der Waals surface area contributed by atoms with Crippen LogP contribution in [0.4, 0.5) is 10.1 Å². The van der Waals surface area contributed by atoms with E-state index < -0.39 is 0 Å². The molecule has 3 aromatic rings. The van der Waals surface area contributed by atoms with Crippen molar-refractivity contribution in [3.63, 3.8) is 0 Å². The molecule has 0 N–H and O–H groups in total. The average Bonchev–Trinajstić information content (AvgIpc) is 3.21. The lowest BCUT2D eigenvalue weighted by Gasteiger charge is -2.36. The molecule has 0 radical (unpaired) electrons. The van der Waals surface area contributed by atoms with Gasteiger partial charge in [0.2, 0.25) is 0 Å². The molecule has 1 fully saturated rings. The van der Waals surface area contributed by atoms with E-state index in [1.807, 2.05) is 18.2 Å². The monoisotopic (exact) mass is 420 g/mol. The van der Waals surface area contributed by atoms with Crippen LogP contribution in [0.1, 0.15) is 37.6 Å². The molecule has 4 nitrogen and oxygen atoms in total. The van der Waals surface area contributed by atoms with Crippen molar-refractivity contribution in [3.05, 3.63) is 77.9 Å². The minimum Gasteiger partial charge on any atom is -0.367 e. The summed E-state index contributed by atoms with van der Waals surface area (Å²) in [5, 5.41) is 4.90. The van der Waals surface area contributed by atoms with E-state index in [1.165, 1.54) is 17.8 Å². The summed E-state index contributed by atoms with van der Waals surface area (Å²) in [4.78, 5) is 4.67. The van der Waals surface area contributed by atoms with Gasteiger partial charge < -0.3 is 4.90 Å². The van der Waals surface area contributed by atoms with Gasteiger partial charge in [-0.05, 0) is 62.6 Å². The van der Waals surface area contributed by atoms with Crippen LogP contribution in [0, 0.1) is 5.82 Å². The number of hydrogen-bond acceptors (Lipinski definition) is 3. The van der Waals surface area contributed by atoms with Crippen LogP contribution in [0.5, 0.6) is 0 Å². The molecule has 1 saturated heterocycles. The third-order valence-corrected chi connectivity index (χ3v) is 6.06. The van der Waals surface area contributed by atoms with E-state index in [0.717, 1.165) is 69.8 Å². The zero-order valence-electron chi connectivity index (χ0n) is 18.5. The first-order chi connectivity index (χ1) is 15.2. The van der Waals surface area contributed by atoms with Crippen LogP contribution in [-0.4, -0.2) is 47.4 Å². The number of nitrogens with zero attached hydrogens (tertiary/aromatic N) is 4. The average molecular weight is 421 g/mol. The van der Waals surface area contributed by atoms with Gasteiger partial charge in [0.15, 0.2) is 0 Å². The highest BCUT2D eigenvalue weighted by atomic mass is 19.1. The Hall–Kier alpha value is -2.66. The van der Waals surface area contributed by atoms with E-state index in [2.05, 4.69) is 51.7 Å². The van der Waals surface area contributed by atoms with Gasteiger partial charge in [-0.2, -0.15) is 5.10 Å². The normalized spacial score (nSPS) is 14.8. The van der Waals surface area contributed by atoms with E-state index >= 15 is 0 Å². The summed E-state index contributed by atoms with van der Waals surface area (Å²) in [6.45, 7) is 7.10. The van der Waals surface area contributed by atoms with Gasteiger partial charge in [0, 0.05) is 31.9 Å². The van der Waals surface area contributed by atoms with Crippen LogP contribution in [0.3, 0.4) is 0 Å². The van der Waals surface area contributed by atoms with Crippen molar-refractivity contribution >= 4 is 5.69 Å². The third-order valence-electron chi connectivity index (χ3n) is 6.06. The lowest BCUT2D eigenvalue weighted by molar-refractivity contribution is 0.252. The highest BCUT2D eigenvalue weighted by Gasteiger charge is 2.19. The third kappa shape index (κ3) is 5.53. The Morgan fingerprint density at radius 2 is 1.61 bits per heavy atom. The predicted octanol–water partition coefficient (Wildman–Crippen LogP) is 5.11. The molecule has 1 aliphatic rings. The molecule has 0 atom stereocenters. The summed E-state index contributed by atoms with van der Waals surface area (Å²) in [5.74, 6) is -0.117. The predicted molar refractivity (Wildman–Crippen MR) is 126 cm³/mol. The summed E-state index contributed by atoms with van der Waals surface area (Å²) in [6, 6.07) is 19.8. The zero-order valence-corrected chi connectivity index (χ0v) is 18.5. The van der Waals surface area contributed by atoms with Gasteiger partial charge in [-0.15, -0.1) is 0 Å². The first-order valence-corrected chi connectivity index (χ1v) is 11.6. The maximum atomic E-state index is 14.0. The molecular formula is C26H33FN4. The highest BCUT2D eigenvalue weighted by molar-refractivity contribution is 5.48. The lowest BCUT2D eigenvalue weighted by atomic mass is 10.1. The van der Waals surface area contributed by atoms with Crippen LogP contribution in [0.15, 0.2) is 60.7 Å². The standard InChI is InChI=1S/C26H33FN4/c1-2-10-24-21-22(28-31(24)23-12-4-3-5-13-23)11-8-9-16-29-17-19-30(20-18-29)26-15-7-6-14-25(26)27/h3-7,12-15,21H,2,8-11,16-20H2,1H3. The van der Waals surface area contributed by atoms with Crippen molar-refractivity contribution in [2.75, 3.05) is 37.6 Å². The number of hydrogen-bond donors (Lipinski definition) is 0. The Bertz CT molecular complexity index is 945. The zero-order chi connectivity index (χ0) is 21.5. The summed E-state index contributed by atoms with van der Waals surface area (Å²) < 4.78 is 16.1. The Kier molecular flexibility index (Phi) is 7.36. The van der Waals surface area contributed by atoms with Crippen LogP contribution in [0.2, 0.25) is 0 Å². The number of benzene rings is 2. The Balaban J connectivity index is 1.24. The first-order valence-electron chi connectivity index (χ1n) is 11.6. The van der Waals surface area contributed by atoms with Crippen molar-refractivity contribution < 1.29 is 4.39 Å². The van der Waals surface area contributed by atoms with Crippen molar-refractivity contribution in [3.8, 4) is 5.69 Å². The molecule has 4 rings (SSSR count). The summed E-state index contributed by atoms with van der Waals surface area (Å²) in [5.41, 5.74) is 4.37. The second-order valence-electron chi connectivity index (χ2n) is 8.36. The fraction of sp³-hybridized carbons (Fsp3) is 0.423. The molecule has 2 heterocycles. The second-order valence-corrected chi connectivity index (χ2v) is 8.36. The maximum Gasteiger partial charge on any atom is 0.146 e. The van der Waals surface area contributed by atoms with Crippen LogP contribution in [-0.2, 0) is 12.8 Å². The minimum atomic E-state index is -0.117. The fourth-order valence-corrected chi connectivity index (χ4v) is 4.39. The number of piperazine rings is 1. The van der Waals surface area contributed by atoms with Crippen LogP contribution >= 0.6 is 0 Å². The number of unbranched alkanes of at least 4 members (excludes halogenated alkanes) is 1. The fourth-order valence-electron chi connectivity index (χ4n) is 4.39. The molecule has 0 aliphatic carbocycles. The first kappa shape index (κ1) is 21.6. The largest absolute Gasteiger partial charge is 0.367 e. The van der Waals surface area contributed by atoms with Gasteiger partial charge in [-0.25, -0.2) is 9.07 Å². The Labute approximate surface area is 185 Å². The van der Waals surface area contributed by atoms with E-state index in [4.69, 9.17) is 5.10 Å². The van der Waals surface area contributed by atoms with Gasteiger partial charge in [0.05, 0.1) is 17.1 Å². The topological polar surface area (TPSA) is 24.3 Å². The van der Waals surface area contributed by atoms with Crippen LogP contribution < -0.4 is 4.90 Å². The van der Waals surface area contributed by atoms with Gasteiger partial charge >= 0.3 is 0 Å². The van der Waals surface area contributed by atoms with Crippen molar-refractivity contribution in [2.45, 2.75) is 39.0 Å². The van der Waals surface area contributed by atoms with Crippen molar-refractivity contribution in [1.82, 2.24) is 14.7 Å². The molecule has 5 heteroatoms. The van der Waals surface area contributed by atoms with E-state index in [9.17, 15) is 4.39 Å². The number of halogens is 1. The SMILES string of the molecule is CCCc1cc(CCCCN2CCN(c3ccccc3F)CC2)nn1-c1ccccc1. The molecule has 0 spiro atoms. The quantitative estimate of drug-likeness (QED) is 0.450. The minimum absolute atomic E-state index is 0.117. The Morgan fingerprint density at radius 1 is 0.871 bits per heavy atom. The molecule has 164 valence electrons. The van der Waals surface area contributed by atoms with Gasteiger partial charge in [0.25, 0.3) is 0 Å². The highest BCUT2D eigenvalue weighted by Crippen LogP contribution is 2.20. The number of rotatable bonds is 9. The summed E-state index contributed by atoms with van der Waals surface area (Å²) >= 11 is 0. The van der Waals surface area contributed by atoms with E-state index in [1.54, 1.807) is 12.1 Å². The van der Waals surface area contributed by atoms with E-state index in [0.29, 0.717) is 0 Å². The molecule has 0 bridgehead atoms. The van der Waals surface area contributed by atoms with Crippen LogP contribution in [0.25, 0.3) is 5.69 Å². The van der Waals surface area contributed by atoms with E-state index in [-0.39, 0.29) is 5.82 Å². The van der Waals surface area contributed by atoms with Crippen molar-refractivity contribution in [2.24, 2.45) is 0 Å². The smallest absolute Gasteiger partial charge is 0.146 e. The molecule has 2 aromatic carbocycles. The molecule has 0 saturated carbocycles. The number of para-hydroxylation sites is 2. The molecule has 1 aromatic heterocycles. The number of aromatic nitrogens is 2. The molecular weight excluding hydrogens is 387 g/mol. The number of aryl methyl sites for hydroxylation is 2. The molecule has 31 heavy (non-hydrogen) atoms. The number of anilines is 1. The van der Waals surface area contributed by atoms with Gasteiger partial charge in [-0.1, -0.05) is 43.7 Å². The van der Waals surface area contributed by atoms with Crippen molar-refractivity contribution in [1.29, 1.82) is 0 Å². The molecule has 0 unspecified atom stereocenters. The maximum absolute atomic E-state index is 14.0. The molecule has 0 amide bonds. The summed E-state index contributed by atoms with van der Waals surface area (Å²) in [6.07, 6.45) is 5.50. The van der Waals surface area contributed by atoms with Gasteiger partial charge in [-0.3, -0.25) is 4.90 Å². The molecule has 1 aliphatic heterocycles. The lowest BCUT2D eigenvalue weighted by Crippen LogP contribution is -2.46. The Morgan fingerprint density at radius 3 is 2.35 bits per heavy atom. The summed E-state index contributed by atoms with van der Waals surface area (Å²) in [7, 11) is 0. The van der Waals surface area contributed by atoms with Gasteiger partial charge in [0.1, 0.15) is 5.82 Å². The second kappa shape index (κ2) is 10.6.